The van der Waals surface area contributed by atoms with Crippen molar-refractivity contribution in [3.05, 3.63) is 53.3 Å². The van der Waals surface area contributed by atoms with Crippen LogP contribution in [-0.2, 0) is 13.0 Å². The molecule has 0 bridgehead atoms. The molecule has 0 atom stereocenters. The third-order valence-corrected chi connectivity index (χ3v) is 4.19. The van der Waals surface area contributed by atoms with Crippen molar-refractivity contribution in [2.24, 2.45) is 4.99 Å². The molecule has 0 saturated heterocycles. The van der Waals surface area contributed by atoms with Crippen LogP contribution < -0.4 is 14.8 Å². The van der Waals surface area contributed by atoms with E-state index in [0.717, 1.165) is 54.8 Å². The summed E-state index contributed by atoms with van der Waals surface area (Å²) in [5.74, 6) is 2.51. The minimum Gasteiger partial charge on any atom is -0.454 e. The van der Waals surface area contributed by atoms with Crippen LogP contribution in [0.3, 0.4) is 0 Å². The number of aryl methyl sites for hydroxylation is 1. The molecule has 1 aromatic heterocycles. The molecule has 0 fully saturated rings. The number of pyridine rings is 1. The van der Waals surface area contributed by atoms with Crippen LogP contribution in [0.2, 0.25) is 0 Å². The third-order valence-electron chi connectivity index (χ3n) is 4.19. The van der Waals surface area contributed by atoms with Gasteiger partial charge in [-0.05, 0) is 49.6 Å². The zero-order valence-corrected chi connectivity index (χ0v) is 18.4. The zero-order chi connectivity index (χ0) is 18.4. The molecule has 0 radical (unpaired) electrons. The average Bonchev–Trinajstić information content (AvgIpc) is 3.10. The number of hydrogen-bond acceptors (Lipinski definition) is 4. The first kappa shape index (κ1) is 21.3. The number of nitrogens with zero attached hydrogens (tertiary/aromatic N) is 3. The number of aliphatic imine (C=N–C) groups is 1. The molecule has 0 spiro atoms. The van der Waals surface area contributed by atoms with Crippen molar-refractivity contribution in [2.45, 2.75) is 26.8 Å². The smallest absolute Gasteiger partial charge is 0.231 e. The zero-order valence-electron chi connectivity index (χ0n) is 16.1. The van der Waals surface area contributed by atoms with Gasteiger partial charge in [-0.25, -0.2) is 0 Å². The van der Waals surface area contributed by atoms with E-state index in [9.17, 15) is 0 Å². The van der Waals surface area contributed by atoms with Gasteiger partial charge in [0.25, 0.3) is 0 Å². The summed E-state index contributed by atoms with van der Waals surface area (Å²) in [7, 11) is 2.04. The van der Waals surface area contributed by atoms with Gasteiger partial charge in [0.15, 0.2) is 17.5 Å². The van der Waals surface area contributed by atoms with Gasteiger partial charge in [-0.3, -0.25) is 9.98 Å². The summed E-state index contributed by atoms with van der Waals surface area (Å²) in [4.78, 5) is 11.2. The van der Waals surface area contributed by atoms with Crippen molar-refractivity contribution in [3.63, 3.8) is 0 Å². The molecule has 1 aliphatic rings. The molecule has 6 nitrogen and oxygen atoms in total. The highest BCUT2D eigenvalue weighted by Gasteiger charge is 2.14. The standard InChI is InChI=1S/C20H26N4O2.HI/c1-4-21-20(22-10-9-16-6-5-15(2)23-12-16)24(3)13-17-7-8-18-19(11-17)26-14-25-18;/h5-8,11-12H,4,9-10,13-14H2,1-3H3,(H,21,22);1H. The van der Waals surface area contributed by atoms with Crippen LogP contribution in [0.15, 0.2) is 41.5 Å². The minimum absolute atomic E-state index is 0. The molecule has 1 N–H and O–H groups in total. The van der Waals surface area contributed by atoms with E-state index in [1.54, 1.807) is 0 Å². The van der Waals surface area contributed by atoms with E-state index in [2.05, 4.69) is 34.3 Å². The number of aromatic nitrogens is 1. The molecule has 1 aromatic carbocycles. The molecule has 0 amide bonds. The van der Waals surface area contributed by atoms with Crippen LogP contribution in [0.25, 0.3) is 0 Å². The fraction of sp³-hybridized carbons (Fsp3) is 0.400. The van der Waals surface area contributed by atoms with Crippen LogP contribution in [0.5, 0.6) is 11.5 Å². The Bertz CT molecular complexity index is 765. The van der Waals surface area contributed by atoms with Crippen molar-refractivity contribution in [3.8, 4) is 11.5 Å². The number of guanidine groups is 1. The molecular weight excluding hydrogens is 455 g/mol. The lowest BCUT2D eigenvalue weighted by Gasteiger charge is -2.22. The number of rotatable bonds is 6. The average molecular weight is 482 g/mol. The number of hydrogen-bond donors (Lipinski definition) is 1. The molecule has 0 saturated carbocycles. The Labute approximate surface area is 178 Å². The molecule has 0 unspecified atom stereocenters. The molecular formula is C20H27IN4O2. The van der Waals surface area contributed by atoms with Gasteiger partial charge >= 0.3 is 0 Å². The minimum atomic E-state index is 0. The van der Waals surface area contributed by atoms with E-state index in [4.69, 9.17) is 14.5 Å². The molecule has 0 aliphatic carbocycles. The molecule has 7 heteroatoms. The van der Waals surface area contributed by atoms with Gasteiger partial charge in [-0.1, -0.05) is 12.1 Å². The van der Waals surface area contributed by atoms with Crippen molar-refractivity contribution < 1.29 is 9.47 Å². The topological polar surface area (TPSA) is 59.0 Å². The molecule has 3 rings (SSSR count). The fourth-order valence-corrected chi connectivity index (χ4v) is 2.79. The largest absolute Gasteiger partial charge is 0.454 e. The van der Waals surface area contributed by atoms with E-state index < -0.39 is 0 Å². The maximum Gasteiger partial charge on any atom is 0.231 e. The SMILES string of the molecule is CCNC(=NCCc1ccc(C)nc1)N(C)Cc1ccc2c(c1)OCO2.I. The first-order chi connectivity index (χ1) is 12.7. The fourth-order valence-electron chi connectivity index (χ4n) is 2.79. The van der Waals surface area contributed by atoms with Crippen molar-refractivity contribution in [1.82, 2.24) is 15.2 Å². The first-order valence-corrected chi connectivity index (χ1v) is 8.95. The van der Waals surface area contributed by atoms with E-state index in [-0.39, 0.29) is 24.0 Å². The maximum atomic E-state index is 5.46. The van der Waals surface area contributed by atoms with Crippen molar-refractivity contribution >= 4 is 29.9 Å². The van der Waals surface area contributed by atoms with E-state index in [0.29, 0.717) is 6.79 Å². The van der Waals surface area contributed by atoms with Crippen molar-refractivity contribution in [1.29, 1.82) is 0 Å². The quantitative estimate of drug-likeness (QED) is 0.389. The van der Waals surface area contributed by atoms with Crippen LogP contribution >= 0.6 is 24.0 Å². The Morgan fingerprint density at radius 3 is 2.70 bits per heavy atom. The van der Waals surface area contributed by atoms with Crippen molar-refractivity contribution in [2.75, 3.05) is 26.9 Å². The number of nitrogens with one attached hydrogen (secondary N) is 1. The Kier molecular flexibility index (Phi) is 8.15. The normalized spacial score (nSPS) is 12.5. The second-order valence-corrected chi connectivity index (χ2v) is 6.34. The summed E-state index contributed by atoms with van der Waals surface area (Å²) in [6, 6.07) is 10.2. The monoisotopic (exact) mass is 482 g/mol. The number of fused-ring (bicyclic) bond motifs is 1. The summed E-state index contributed by atoms with van der Waals surface area (Å²) in [6.07, 6.45) is 2.80. The molecule has 1 aliphatic heterocycles. The highest BCUT2D eigenvalue weighted by molar-refractivity contribution is 14.0. The van der Waals surface area contributed by atoms with E-state index >= 15 is 0 Å². The molecule has 2 aromatic rings. The lowest BCUT2D eigenvalue weighted by atomic mass is 10.2. The third kappa shape index (κ3) is 5.98. The Morgan fingerprint density at radius 2 is 1.96 bits per heavy atom. The molecule has 2 heterocycles. The predicted octanol–water partition coefficient (Wildman–Crippen LogP) is 3.38. The van der Waals surface area contributed by atoms with E-state index in [1.807, 2.05) is 38.4 Å². The summed E-state index contributed by atoms with van der Waals surface area (Å²) >= 11 is 0. The van der Waals surface area contributed by atoms with Gasteiger partial charge in [-0.15, -0.1) is 24.0 Å². The van der Waals surface area contributed by atoms with Gasteiger partial charge in [0, 0.05) is 38.6 Å². The highest BCUT2D eigenvalue weighted by atomic mass is 127. The molecule has 146 valence electrons. The van der Waals surface area contributed by atoms with Gasteiger partial charge < -0.3 is 19.7 Å². The molecule has 27 heavy (non-hydrogen) atoms. The second kappa shape index (κ2) is 10.3. The summed E-state index contributed by atoms with van der Waals surface area (Å²) < 4.78 is 10.8. The van der Waals surface area contributed by atoms with Gasteiger partial charge in [0.2, 0.25) is 6.79 Å². The maximum absolute atomic E-state index is 5.46. The summed E-state index contributed by atoms with van der Waals surface area (Å²) in [6.45, 7) is 6.67. The Hall–Kier alpha value is -2.03. The van der Waals surface area contributed by atoms with Gasteiger partial charge in [-0.2, -0.15) is 0 Å². The number of halogens is 1. The number of ether oxygens (including phenoxy) is 2. The highest BCUT2D eigenvalue weighted by Crippen LogP contribution is 2.32. The predicted molar refractivity (Wildman–Crippen MR) is 118 cm³/mol. The van der Waals surface area contributed by atoms with E-state index in [1.165, 1.54) is 5.56 Å². The van der Waals surface area contributed by atoms with Crippen LogP contribution in [0.1, 0.15) is 23.7 Å². The lowest BCUT2D eigenvalue weighted by molar-refractivity contribution is 0.174. The Balaban J connectivity index is 0.00000261. The first-order valence-electron chi connectivity index (χ1n) is 8.95. The lowest BCUT2D eigenvalue weighted by Crippen LogP contribution is -2.38. The Morgan fingerprint density at radius 1 is 1.19 bits per heavy atom. The van der Waals surface area contributed by atoms with Crippen LogP contribution in [-0.4, -0.2) is 42.8 Å². The summed E-state index contributed by atoms with van der Waals surface area (Å²) in [5.41, 5.74) is 3.40. The number of benzene rings is 1. The summed E-state index contributed by atoms with van der Waals surface area (Å²) in [5, 5.41) is 3.35. The van der Waals surface area contributed by atoms with Gasteiger partial charge in [0.05, 0.1) is 0 Å². The van der Waals surface area contributed by atoms with Gasteiger partial charge in [0.1, 0.15) is 0 Å². The van der Waals surface area contributed by atoms with Crippen LogP contribution in [0.4, 0.5) is 0 Å². The van der Waals surface area contributed by atoms with Crippen LogP contribution in [0, 0.1) is 6.92 Å². The second-order valence-electron chi connectivity index (χ2n) is 6.34.